The quantitative estimate of drug-likeness (QED) is 0.644. The van der Waals surface area contributed by atoms with E-state index in [4.69, 9.17) is 9.47 Å². The van der Waals surface area contributed by atoms with Gasteiger partial charge in [0.05, 0.1) is 13.2 Å². The normalized spacial score (nSPS) is 21.7. The summed E-state index contributed by atoms with van der Waals surface area (Å²) in [5.74, 6) is 0.968. The SMILES string of the molecule is C[C@@]1(c2ccc(N3CCOCC3)cc2)C=Cc2ccc3ccccc3c2O1. The van der Waals surface area contributed by atoms with Crippen LogP contribution in [0.3, 0.4) is 0 Å². The third-order valence-electron chi connectivity index (χ3n) is 5.62. The van der Waals surface area contributed by atoms with Crippen LogP contribution in [0, 0.1) is 0 Å². The highest BCUT2D eigenvalue weighted by Gasteiger charge is 2.30. The molecule has 5 rings (SSSR count). The van der Waals surface area contributed by atoms with Gasteiger partial charge in [-0.2, -0.15) is 0 Å². The predicted molar refractivity (Wildman–Crippen MR) is 110 cm³/mol. The minimum atomic E-state index is -0.472. The van der Waals surface area contributed by atoms with Crippen molar-refractivity contribution < 1.29 is 9.47 Å². The molecule has 2 aliphatic rings. The number of ether oxygens (including phenoxy) is 2. The lowest BCUT2D eigenvalue weighted by atomic mass is 9.91. The van der Waals surface area contributed by atoms with E-state index in [1.54, 1.807) is 0 Å². The van der Waals surface area contributed by atoms with Gasteiger partial charge in [-0.1, -0.05) is 54.6 Å². The fraction of sp³-hybridized carbons (Fsp3) is 0.250. The van der Waals surface area contributed by atoms with Crippen LogP contribution in [0.15, 0.2) is 66.7 Å². The van der Waals surface area contributed by atoms with E-state index < -0.39 is 5.60 Å². The standard InChI is InChI=1S/C24H23NO2/c1-24(20-8-10-21(11-9-20)25-14-16-26-17-15-25)13-12-19-7-6-18-4-2-3-5-22(18)23(19)27-24/h2-13H,14-17H2,1H3/t24-/m0/s1. The molecule has 0 spiro atoms. The maximum atomic E-state index is 6.58. The van der Waals surface area contributed by atoms with E-state index in [1.165, 1.54) is 11.1 Å². The summed E-state index contributed by atoms with van der Waals surface area (Å²) >= 11 is 0. The molecule has 0 saturated carbocycles. The summed E-state index contributed by atoms with van der Waals surface area (Å²) < 4.78 is 12.0. The Labute approximate surface area is 159 Å². The van der Waals surface area contributed by atoms with Crippen molar-refractivity contribution in [3.63, 3.8) is 0 Å². The monoisotopic (exact) mass is 357 g/mol. The van der Waals surface area contributed by atoms with Crippen LogP contribution in [-0.2, 0) is 10.3 Å². The molecule has 3 aromatic rings. The molecule has 0 N–H and O–H groups in total. The third-order valence-corrected chi connectivity index (χ3v) is 5.62. The van der Waals surface area contributed by atoms with Crippen molar-refractivity contribution in [1.82, 2.24) is 0 Å². The average molecular weight is 357 g/mol. The van der Waals surface area contributed by atoms with E-state index in [-0.39, 0.29) is 0 Å². The van der Waals surface area contributed by atoms with Gasteiger partial charge in [-0.15, -0.1) is 0 Å². The van der Waals surface area contributed by atoms with Crippen LogP contribution >= 0.6 is 0 Å². The molecule has 0 amide bonds. The van der Waals surface area contributed by atoms with Crippen LogP contribution in [0.4, 0.5) is 5.69 Å². The zero-order valence-electron chi connectivity index (χ0n) is 15.5. The lowest BCUT2D eigenvalue weighted by molar-refractivity contribution is 0.122. The predicted octanol–water partition coefficient (Wildman–Crippen LogP) is 5.00. The molecular formula is C24H23NO2. The first-order chi connectivity index (χ1) is 13.2. The van der Waals surface area contributed by atoms with Crippen LogP contribution in [-0.4, -0.2) is 26.3 Å². The average Bonchev–Trinajstić information content (AvgIpc) is 2.74. The minimum absolute atomic E-state index is 0.472. The molecule has 1 atom stereocenters. The van der Waals surface area contributed by atoms with Gasteiger partial charge >= 0.3 is 0 Å². The molecule has 0 aromatic heterocycles. The van der Waals surface area contributed by atoms with Gasteiger partial charge in [0.2, 0.25) is 0 Å². The van der Waals surface area contributed by atoms with Gasteiger partial charge in [-0.05, 0) is 36.1 Å². The third kappa shape index (κ3) is 2.88. The molecule has 0 bridgehead atoms. The molecule has 27 heavy (non-hydrogen) atoms. The highest BCUT2D eigenvalue weighted by Crippen LogP contribution is 2.41. The van der Waals surface area contributed by atoms with Gasteiger partial charge in [0, 0.05) is 29.7 Å². The number of nitrogens with zero attached hydrogens (tertiary/aromatic N) is 1. The van der Waals surface area contributed by atoms with Gasteiger partial charge < -0.3 is 14.4 Å². The van der Waals surface area contributed by atoms with E-state index in [1.807, 2.05) is 0 Å². The number of benzene rings is 3. The van der Waals surface area contributed by atoms with Crippen LogP contribution < -0.4 is 9.64 Å². The molecule has 3 nitrogen and oxygen atoms in total. The van der Waals surface area contributed by atoms with Crippen LogP contribution in [0.25, 0.3) is 16.8 Å². The molecule has 0 unspecified atom stereocenters. The van der Waals surface area contributed by atoms with Crippen molar-refractivity contribution in [3.8, 4) is 5.75 Å². The summed E-state index contributed by atoms with van der Waals surface area (Å²) in [7, 11) is 0. The summed E-state index contributed by atoms with van der Waals surface area (Å²) in [5, 5.41) is 2.37. The Hall–Kier alpha value is -2.78. The van der Waals surface area contributed by atoms with Crippen molar-refractivity contribution in [1.29, 1.82) is 0 Å². The summed E-state index contributed by atoms with van der Waals surface area (Å²) in [6, 6.07) is 21.5. The Morgan fingerprint density at radius 3 is 2.48 bits per heavy atom. The van der Waals surface area contributed by atoms with E-state index >= 15 is 0 Å². The van der Waals surface area contributed by atoms with E-state index in [0.717, 1.165) is 48.6 Å². The largest absolute Gasteiger partial charge is 0.477 e. The Balaban J connectivity index is 1.48. The number of fused-ring (bicyclic) bond motifs is 3. The van der Waals surface area contributed by atoms with Gasteiger partial charge in [0.1, 0.15) is 11.4 Å². The van der Waals surface area contributed by atoms with Crippen molar-refractivity contribution in [2.45, 2.75) is 12.5 Å². The maximum Gasteiger partial charge on any atom is 0.150 e. The Morgan fingerprint density at radius 2 is 1.67 bits per heavy atom. The fourth-order valence-corrected chi connectivity index (χ4v) is 3.98. The summed E-state index contributed by atoms with van der Waals surface area (Å²) in [5.41, 5.74) is 3.07. The number of hydrogen-bond donors (Lipinski definition) is 0. The van der Waals surface area contributed by atoms with Crippen LogP contribution in [0.2, 0.25) is 0 Å². The highest BCUT2D eigenvalue weighted by atomic mass is 16.5. The lowest BCUT2D eigenvalue weighted by Gasteiger charge is -2.34. The highest BCUT2D eigenvalue weighted by molar-refractivity contribution is 5.92. The number of rotatable bonds is 2. The zero-order valence-corrected chi connectivity index (χ0v) is 15.5. The molecule has 2 aliphatic heterocycles. The smallest absolute Gasteiger partial charge is 0.150 e. The first-order valence-corrected chi connectivity index (χ1v) is 9.56. The second-order valence-electron chi connectivity index (χ2n) is 7.39. The van der Waals surface area contributed by atoms with Crippen molar-refractivity contribution in [3.05, 3.63) is 77.9 Å². The van der Waals surface area contributed by atoms with Crippen LogP contribution in [0.1, 0.15) is 18.1 Å². The van der Waals surface area contributed by atoms with Gasteiger partial charge in [-0.25, -0.2) is 0 Å². The molecular weight excluding hydrogens is 334 g/mol. The number of hydrogen-bond acceptors (Lipinski definition) is 3. The van der Waals surface area contributed by atoms with Gasteiger partial charge in [0.25, 0.3) is 0 Å². The molecule has 3 aromatic carbocycles. The van der Waals surface area contributed by atoms with Gasteiger partial charge in [0.15, 0.2) is 0 Å². The van der Waals surface area contributed by atoms with Crippen molar-refractivity contribution in [2.24, 2.45) is 0 Å². The summed E-state index contributed by atoms with van der Waals surface area (Å²) in [6.07, 6.45) is 4.34. The molecule has 0 aliphatic carbocycles. The summed E-state index contributed by atoms with van der Waals surface area (Å²) in [4.78, 5) is 2.37. The summed E-state index contributed by atoms with van der Waals surface area (Å²) in [6.45, 7) is 5.64. The van der Waals surface area contributed by atoms with E-state index in [2.05, 4.69) is 84.6 Å². The topological polar surface area (TPSA) is 21.7 Å². The van der Waals surface area contributed by atoms with Crippen LogP contribution in [0.5, 0.6) is 5.75 Å². The molecule has 2 heterocycles. The zero-order chi connectivity index (χ0) is 18.3. The molecule has 3 heteroatoms. The Kier molecular flexibility index (Phi) is 3.91. The van der Waals surface area contributed by atoms with Gasteiger partial charge in [-0.3, -0.25) is 0 Å². The second kappa shape index (κ2) is 6.43. The molecule has 0 radical (unpaired) electrons. The second-order valence-corrected chi connectivity index (χ2v) is 7.39. The van der Waals surface area contributed by atoms with Crippen molar-refractivity contribution in [2.75, 3.05) is 31.2 Å². The molecule has 1 fully saturated rings. The Morgan fingerprint density at radius 1 is 0.889 bits per heavy atom. The Bertz CT molecular complexity index is 1000. The lowest BCUT2D eigenvalue weighted by Crippen LogP contribution is -2.36. The fourth-order valence-electron chi connectivity index (χ4n) is 3.98. The first kappa shape index (κ1) is 16.4. The van der Waals surface area contributed by atoms with E-state index in [9.17, 15) is 0 Å². The maximum absolute atomic E-state index is 6.58. The molecule has 1 saturated heterocycles. The van der Waals surface area contributed by atoms with E-state index in [0.29, 0.717) is 0 Å². The molecule has 136 valence electrons. The van der Waals surface area contributed by atoms with Crippen molar-refractivity contribution >= 4 is 22.5 Å². The minimum Gasteiger partial charge on any atom is -0.477 e. The number of anilines is 1. The number of morpholine rings is 1. The first-order valence-electron chi connectivity index (χ1n) is 9.56.